The molecule has 0 fully saturated rings. The molecule has 0 atom stereocenters. The molecule has 0 bridgehead atoms. The fourth-order valence-corrected chi connectivity index (χ4v) is 2.17. The molecule has 0 saturated carbocycles. The number of aromatic nitrogens is 2. The van der Waals surface area contributed by atoms with Gasteiger partial charge in [0.15, 0.2) is 0 Å². The third-order valence-electron chi connectivity index (χ3n) is 3.45. The quantitative estimate of drug-likeness (QED) is 0.813. The summed E-state index contributed by atoms with van der Waals surface area (Å²) < 4.78 is 5.25. The molecule has 0 aliphatic heterocycles. The van der Waals surface area contributed by atoms with Crippen molar-refractivity contribution >= 4 is 17.5 Å². The summed E-state index contributed by atoms with van der Waals surface area (Å²) in [6.45, 7) is 6.93. The van der Waals surface area contributed by atoms with E-state index in [1.807, 2.05) is 19.1 Å². The number of aryl methyl sites for hydroxylation is 1. The molecule has 2 rings (SSSR count). The van der Waals surface area contributed by atoms with Crippen molar-refractivity contribution in [2.24, 2.45) is 5.92 Å². The molecule has 0 spiro atoms. The summed E-state index contributed by atoms with van der Waals surface area (Å²) >= 11 is 0. The molecule has 0 aliphatic carbocycles. The maximum Gasteiger partial charge on any atom is 0.274 e. The van der Waals surface area contributed by atoms with Crippen molar-refractivity contribution in [3.63, 3.8) is 0 Å². The number of para-hydroxylation sites is 2. The van der Waals surface area contributed by atoms with Gasteiger partial charge in [-0.3, -0.25) is 4.79 Å². The van der Waals surface area contributed by atoms with Crippen LogP contribution >= 0.6 is 0 Å². The highest BCUT2D eigenvalue weighted by molar-refractivity contribution is 6.03. The van der Waals surface area contributed by atoms with Crippen LogP contribution in [0, 0.1) is 12.8 Å². The summed E-state index contributed by atoms with van der Waals surface area (Å²) in [5.41, 5.74) is 1.67. The molecule has 1 amide bonds. The lowest BCUT2D eigenvalue weighted by Crippen LogP contribution is -2.17. The first-order valence-corrected chi connectivity index (χ1v) is 8.03. The monoisotopic (exact) mass is 328 g/mol. The molecular formula is C18H24N4O2. The van der Waals surface area contributed by atoms with Crippen LogP contribution in [0.15, 0.2) is 30.3 Å². The van der Waals surface area contributed by atoms with Crippen LogP contribution in [0.4, 0.5) is 11.6 Å². The minimum Gasteiger partial charge on any atom is -0.495 e. The van der Waals surface area contributed by atoms with Crippen LogP contribution in [-0.2, 0) is 0 Å². The lowest BCUT2D eigenvalue weighted by atomic mass is 10.1. The number of anilines is 2. The summed E-state index contributed by atoms with van der Waals surface area (Å²) in [4.78, 5) is 21.1. The van der Waals surface area contributed by atoms with Crippen LogP contribution in [0.5, 0.6) is 5.75 Å². The van der Waals surface area contributed by atoms with Crippen molar-refractivity contribution in [2.75, 3.05) is 24.3 Å². The fourth-order valence-electron chi connectivity index (χ4n) is 2.17. The molecule has 6 nitrogen and oxygen atoms in total. The fraction of sp³-hybridized carbons (Fsp3) is 0.389. The molecular weight excluding hydrogens is 304 g/mol. The summed E-state index contributed by atoms with van der Waals surface area (Å²) in [7, 11) is 1.57. The van der Waals surface area contributed by atoms with E-state index >= 15 is 0 Å². The molecule has 1 aromatic carbocycles. The van der Waals surface area contributed by atoms with E-state index in [0.717, 1.165) is 18.7 Å². The zero-order valence-corrected chi connectivity index (χ0v) is 14.6. The number of benzene rings is 1. The maximum absolute atomic E-state index is 12.5. The first kappa shape index (κ1) is 17.7. The van der Waals surface area contributed by atoms with E-state index in [0.29, 0.717) is 29.0 Å². The van der Waals surface area contributed by atoms with E-state index in [4.69, 9.17) is 4.74 Å². The molecule has 0 unspecified atom stereocenters. The second kappa shape index (κ2) is 8.29. The number of carbonyl (C=O) groups excluding carboxylic acids is 1. The van der Waals surface area contributed by atoms with Crippen molar-refractivity contribution in [3.05, 3.63) is 41.7 Å². The normalized spacial score (nSPS) is 10.5. The number of hydrogen-bond donors (Lipinski definition) is 2. The van der Waals surface area contributed by atoms with Crippen molar-refractivity contribution in [2.45, 2.75) is 27.2 Å². The Morgan fingerprint density at radius 3 is 2.71 bits per heavy atom. The SMILES string of the molecule is COc1ccccc1NC(=O)c1cc(C)nc(NCCC(C)C)n1. The number of ether oxygens (including phenoxy) is 1. The van der Waals surface area contributed by atoms with Gasteiger partial charge in [-0.05, 0) is 37.5 Å². The predicted octanol–water partition coefficient (Wildman–Crippen LogP) is 3.50. The number of carbonyl (C=O) groups is 1. The van der Waals surface area contributed by atoms with Crippen LogP contribution in [-0.4, -0.2) is 29.5 Å². The Labute approximate surface area is 142 Å². The third-order valence-corrected chi connectivity index (χ3v) is 3.45. The van der Waals surface area contributed by atoms with Crippen LogP contribution < -0.4 is 15.4 Å². The Bertz CT molecular complexity index is 701. The number of rotatable bonds is 7. The van der Waals surface area contributed by atoms with E-state index in [9.17, 15) is 4.79 Å². The molecule has 2 N–H and O–H groups in total. The van der Waals surface area contributed by atoms with Gasteiger partial charge in [0.1, 0.15) is 11.4 Å². The lowest BCUT2D eigenvalue weighted by Gasteiger charge is -2.11. The van der Waals surface area contributed by atoms with Crippen molar-refractivity contribution in [1.82, 2.24) is 9.97 Å². The minimum absolute atomic E-state index is 0.295. The highest BCUT2D eigenvalue weighted by Crippen LogP contribution is 2.23. The first-order valence-electron chi connectivity index (χ1n) is 8.03. The Kier molecular flexibility index (Phi) is 6.12. The summed E-state index contributed by atoms with van der Waals surface area (Å²) in [6.07, 6.45) is 1.01. The van der Waals surface area contributed by atoms with E-state index < -0.39 is 0 Å². The van der Waals surface area contributed by atoms with E-state index in [2.05, 4.69) is 34.4 Å². The van der Waals surface area contributed by atoms with Gasteiger partial charge in [0.25, 0.3) is 5.91 Å². The van der Waals surface area contributed by atoms with Gasteiger partial charge < -0.3 is 15.4 Å². The molecule has 128 valence electrons. The standard InChI is InChI=1S/C18H24N4O2/c1-12(2)9-10-19-18-20-13(3)11-15(22-18)17(23)21-14-7-5-6-8-16(14)24-4/h5-8,11-12H,9-10H2,1-4H3,(H,21,23)(H,19,20,22). The Morgan fingerprint density at radius 1 is 1.25 bits per heavy atom. The third kappa shape index (κ3) is 4.94. The topological polar surface area (TPSA) is 76.1 Å². The second-order valence-electron chi connectivity index (χ2n) is 5.98. The Morgan fingerprint density at radius 2 is 2.00 bits per heavy atom. The smallest absolute Gasteiger partial charge is 0.274 e. The van der Waals surface area contributed by atoms with Crippen molar-refractivity contribution in [1.29, 1.82) is 0 Å². The van der Waals surface area contributed by atoms with E-state index in [-0.39, 0.29) is 5.91 Å². The number of amides is 1. The number of nitrogens with zero attached hydrogens (tertiary/aromatic N) is 2. The molecule has 1 aromatic heterocycles. The van der Waals surface area contributed by atoms with Gasteiger partial charge in [-0.1, -0.05) is 26.0 Å². The van der Waals surface area contributed by atoms with Crippen LogP contribution in [0.1, 0.15) is 36.5 Å². The van der Waals surface area contributed by atoms with Crippen LogP contribution in [0.25, 0.3) is 0 Å². The van der Waals surface area contributed by atoms with Gasteiger partial charge in [0.05, 0.1) is 12.8 Å². The summed E-state index contributed by atoms with van der Waals surface area (Å²) in [5.74, 6) is 1.38. The van der Waals surface area contributed by atoms with E-state index in [1.165, 1.54) is 0 Å². The highest BCUT2D eigenvalue weighted by atomic mass is 16.5. The number of methoxy groups -OCH3 is 1. The molecule has 0 saturated heterocycles. The molecule has 24 heavy (non-hydrogen) atoms. The second-order valence-corrected chi connectivity index (χ2v) is 5.98. The Balaban J connectivity index is 2.12. The summed E-state index contributed by atoms with van der Waals surface area (Å²) in [5, 5.41) is 6.00. The van der Waals surface area contributed by atoms with Crippen molar-refractivity contribution < 1.29 is 9.53 Å². The van der Waals surface area contributed by atoms with Gasteiger partial charge in [-0.15, -0.1) is 0 Å². The summed E-state index contributed by atoms with van der Waals surface area (Å²) in [6, 6.07) is 8.92. The van der Waals surface area contributed by atoms with Gasteiger partial charge in [0, 0.05) is 12.2 Å². The Hall–Kier alpha value is -2.63. The van der Waals surface area contributed by atoms with Gasteiger partial charge in [-0.2, -0.15) is 0 Å². The maximum atomic E-state index is 12.5. The largest absolute Gasteiger partial charge is 0.495 e. The molecule has 0 radical (unpaired) electrons. The molecule has 2 aromatic rings. The molecule has 6 heteroatoms. The molecule has 1 heterocycles. The minimum atomic E-state index is -0.295. The highest BCUT2D eigenvalue weighted by Gasteiger charge is 2.13. The van der Waals surface area contributed by atoms with Crippen molar-refractivity contribution in [3.8, 4) is 5.75 Å². The zero-order chi connectivity index (χ0) is 17.5. The van der Waals surface area contributed by atoms with Gasteiger partial charge >= 0.3 is 0 Å². The lowest BCUT2D eigenvalue weighted by molar-refractivity contribution is 0.102. The molecule has 0 aliphatic rings. The predicted molar refractivity (Wildman–Crippen MR) is 95.7 cm³/mol. The number of nitrogens with one attached hydrogen (secondary N) is 2. The first-order chi connectivity index (χ1) is 11.5. The zero-order valence-electron chi connectivity index (χ0n) is 14.6. The average Bonchev–Trinajstić information content (AvgIpc) is 2.54. The number of hydrogen-bond acceptors (Lipinski definition) is 5. The van der Waals surface area contributed by atoms with Crippen LogP contribution in [0.2, 0.25) is 0 Å². The van der Waals surface area contributed by atoms with Gasteiger partial charge in [0.2, 0.25) is 5.95 Å². The van der Waals surface area contributed by atoms with E-state index in [1.54, 1.807) is 25.3 Å². The van der Waals surface area contributed by atoms with Crippen LogP contribution in [0.3, 0.4) is 0 Å². The van der Waals surface area contributed by atoms with Gasteiger partial charge in [-0.25, -0.2) is 9.97 Å². The average molecular weight is 328 g/mol.